The second kappa shape index (κ2) is 11.5. The number of nitrogens with zero attached hydrogens (tertiary/aromatic N) is 1. The lowest BCUT2D eigenvalue weighted by molar-refractivity contribution is 0.163. The number of hydrogen-bond donors (Lipinski definition) is 1. The van der Waals surface area contributed by atoms with Gasteiger partial charge in [-0.1, -0.05) is 115 Å². The highest BCUT2D eigenvalue weighted by molar-refractivity contribution is 5.86. The molecule has 0 radical (unpaired) electrons. The van der Waals surface area contributed by atoms with Gasteiger partial charge in [-0.25, -0.2) is 0 Å². The van der Waals surface area contributed by atoms with E-state index in [9.17, 15) is 0 Å². The largest absolute Gasteiger partial charge is 0.310 e. The molecule has 4 aromatic carbocycles. The van der Waals surface area contributed by atoms with Gasteiger partial charge in [0.15, 0.2) is 0 Å². The summed E-state index contributed by atoms with van der Waals surface area (Å²) < 4.78 is 0. The molecule has 0 saturated carbocycles. The Morgan fingerprint density at radius 3 is 2.40 bits per heavy atom. The highest BCUT2D eigenvalue weighted by atomic mass is 15.1. The molecule has 35 heavy (non-hydrogen) atoms. The fourth-order valence-electron chi connectivity index (χ4n) is 5.59. The van der Waals surface area contributed by atoms with E-state index in [0.717, 1.165) is 26.2 Å². The van der Waals surface area contributed by atoms with E-state index in [2.05, 4.69) is 132 Å². The van der Waals surface area contributed by atoms with Crippen LogP contribution in [0.25, 0.3) is 16.8 Å². The van der Waals surface area contributed by atoms with E-state index in [1.807, 2.05) is 0 Å². The zero-order chi connectivity index (χ0) is 23.9. The van der Waals surface area contributed by atoms with Gasteiger partial charge in [0.05, 0.1) is 0 Å². The third-order valence-corrected chi connectivity index (χ3v) is 7.50. The van der Waals surface area contributed by atoms with Crippen molar-refractivity contribution in [3.8, 4) is 0 Å². The molecule has 1 fully saturated rings. The van der Waals surface area contributed by atoms with Crippen molar-refractivity contribution in [3.63, 3.8) is 0 Å². The van der Waals surface area contributed by atoms with Crippen LogP contribution in [-0.4, -0.2) is 31.1 Å². The fraction of sp³-hybridized carbons (Fsp3) is 0.273. The zero-order valence-corrected chi connectivity index (χ0v) is 20.7. The minimum atomic E-state index is 0.311. The van der Waals surface area contributed by atoms with Crippen molar-refractivity contribution < 1.29 is 0 Å². The van der Waals surface area contributed by atoms with E-state index in [0.29, 0.717) is 17.9 Å². The first kappa shape index (κ1) is 23.5. The van der Waals surface area contributed by atoms with E-state index in [4.69, 9.17) is 0 Å². The molecule has 3 atom stereocenters. The highest BCUT2D eigenvalue weighted by Crippen LogP contribution is 2.33. The summed E-state index contributed by atoms with van der Waals surface area (Å²) >= 11 is 0. The summed E-state index contributed by atoms with van der Waals surface area (Å²) in [5.74, 6) is 1.17. The van der Waals surface area contributed by atoms with Crippen molar-refractivity contribution in [2.75, 3.05) is 26.2 Å². The predicted molar refractivity (Wildman–Crippen MR) is 150 cm³/mol. The Balaban J connectivity index is 1.28. The monoisotopic (exact) mass is 460 g/mol. The molecule has 4 aromatic rings. The molecule has 178 valence electrons. The number of piperidine rings is 1. The number of fused-ring (bicyclic) bond motifs is 1. The molecule has 0 spiro atoms. The summed E-state index contributed by atoms with van der Waals surface area (Å²) in [4.78, 5) is 2.62. The van der Waals surface area contributed by atoms with Crippen LogP contribution in [0.4, 0.5) is 0 Å². The molecular formula is C33H36N2. The van der Waals surface area contributed by atoms with Crippen molar-refractivity contribution >= 4 is 16.8 Å². The SMILES string of the molecule is C[C@@H](NCC1CN(CC=Cc2ccccc2)CCC1c1ccccc1)c1cccc2ccccc12. The number of nitrogens with one attached hydrogen (secondary N) is 1. The molecule has 0 aromatic heterocycles. The van der Waals surface area contributed by atoms with Crippen LogP contribution in [0.1, 0.15) is 42.0 Å². The molecule has 2 nitrogen and oxygen atoms in total. The highest BCUT2D eigenvalue weighted by Gasteiger charge is 2.30. The lowest BCUT2D eigenvalue weighted by Gasteiger charge is -2.39. The first-order chi connectivity index (χ1) is 17.3. The molecule has 2 heteroatoms. The quantitative estimate of drug-likeness (QED) is 0.296. The minimum Gasteiger partial charge on any atom is -0.310 e. The molecule has 5 rings (SSSR count). The van der Waals surface area contributed by atoms with Crippen molar-refractivity contribution in [2.45, 2.75) is 25.3 Å². The van der Waals surface area contributed by atoms with Gasteiger partial charge >= 0.3 is 0 Å². The normalized spacial score (nSPS) is 19.8. The molecule has 1 N–H and O–H groups in total. The average Bonchev–Trinajstić information content (AvgIpc) is 2.92. The van der Waals surface area contributed by atoms with Gasteiger partial charge in [0, 0.05) is 25.7 Å². The molecule has 1 saturated heterocycles. The number of rotatable bonds is 8. The minimum absolute atomic E-state index is 0.311. The van der Waals surface area contributed by atoms with Crippen LogP contribution < -0.4 is 5.32 Å². The standard InChI is InChI=1S/C33H36N2/c1-26(31-20-10-18-29-17-8-9-19-33(29)31)34-24-30-25-35(22-11-14-27-12-4-2-5-13-27)23-21-32(30)28-15-6-3-7-16-28/h2-20,26,30,32,34H,21-25H2,1H3/t26-,30?,32?/m1/s1. The van der Waals surface area contributed by atoms with Gasteiger partial charge in [-0.2, -0.15) is 0 Å². The molecule has 0 bridgehead atoms. The third-order valence-electron chi connectivity index (χ3n) is 7.50. The first-order valence-corrected chi connectivity index (χ1v) is 13.0. The third kappa shape index (κ3) is 5.90. The van der Waals surface area contributed by atoms with Crippen LogP contribution in [0.2, 0.25) is 0 Å². The molecule has 0 amide bonds. The zero-order valence-electron chi connectivity index (χ0n) is 20.7. The summed E-state index contributed by atoms with van der Waals surface area (Å²) in [7, 11) is 0. The van der Waals surface area contributed by atoms with Crippen molar-refractivity contribution in [1.29, 1.82) is 0 Å². The van der Waals surface area contributed by atoms with E-state index in [1.54, 1.807) is 0 Å². The van der Waals surface area contributed by atoms with Crippen LogP contribution in [0.15, 0.2) is 109 Å². The number of likely N-dealkylation sites (tertiary alicyclic amines) is 1. The Labute approximate surface area is 210 Å². The molecule has 2 unspecified atom stereocenters. The van der Waals surface area contributed by atoms with Gasteiger partial charge in [-0.3, -0.25) is 4.90 Å². The van der Waals surface area contributed by atoms with Crippen molar-refractivity contribution in [1.82, 2.24) is 10.2 Å². The van der Waals surface area contributed by atoms with Crippen molar-refractivity contribution in [3.05, 3.63) is 126 Å². The summed E-state index contributed by atoms with van der Waals surface area (Å²) in [5.41, 5.74) is 4.14. The summed E-state index contributed by atoms with van der Waals surface area (Å²) in [5, 5.41) is 6.59. The Morgan fingerprint density at radius 2 is 1.57 bits per heavy atom. The Bertz CT molecular complexity index is 1230. The van der Waals surface area contributed by atoms with Gasteiger partial charge in [0.25, 0.3) is 0 Å². The van der Waals surface area contributed by atoms with Crippen LogP contribution in [0.5, 0.6) is 0 Å². The smallest absolute Gasteiger partial charge is 0.0298 e. The maximum atomic E-state index is 3.92. The van der Waals surface area contributed by atoms with E-state index in [-0.39, 0.29) is 0 Å². The van der Waals surface area contributed by atoms with E-state index in [1.165, 1.54) is 33.9 Å². The topological polar surface area (TPSA) is 15.3 Å². The summed E-state index contributed by atoms with van der Waals surface area (Å²) in [6, 6.07) is 37.4. The Kier molecular flexibility index (Phi) is 7.72. The predicted octanol–water partition coefficient (Wildman–Crippen LogP) is 7.31. The maximum Gasteiger partial charge on any atom is 0.0298 e. The van der Waals surface area contributed by atoms with Crippen LogP contribution in [-0.2, 0) is 0 Å². The summed E-state index contributed by atoms with van der Waals surface area (Å²) in [6.45, 7) is 6.60. The van der Waals surface area contributed by atoms with Crippen molar-refractivity contribution in [2.24, 2.45) is 5.92 Å². The molecule has 1 aliphatic rings. The molecule has 1 aliphatic heterocycles. The molecular weight excluding hydrogens is 424 g/mol. The van der Waals surface area contributed by atoms with Gasteiger partial charge in [-0.15, -0.1) is 0 Å². The molecule has 1 heterocycles. The Hall–Kier alpha value is -3.20. The molecule has 0 aliphatic carbocycles. The van der Waals surface area contributed by atoms with Gasteiger partial charge in [0.2, 0.25) is 0 Å². The van der Waals surface area contributed by atoms with Crippen LogP contribution in [0.3, 0.4) is 0 Å². The number of benzene rings is 4. The van der Waals surface area contributed by atoms with Gasteiger partial charge < -0.3 is 5.32 Å². The van der Waals surface area contributed by atoms with Gasteiger partial charge in [-0.05, 0) is 59.2 Å². The number of hydrogen-bond acceptors (Lipinski definition) is 2. The van der Waals surface area contributed by atoms with E-state index < -0.39 is 0 Å². The summed E-state index contributed by atoms with van der Waals surface area (Å²) in [6.07, 6.45) is 5.78. The lowest BCUT2D eigenvalue weighted by Crippen LogP contribution is -2.44. The first-order valence-electron chi connectivity index (χ1n) is 13.0. The second-order valence-corrected chi connectivity index (χ2v) is 9.84. The lowest BCUT2D eigenvalue weighted by atomic mass is 9.80. The fourth-order valence-corrected chi connectivity index (χ4v) is 5.59. The van der Waals surface area contributed by atoms with Crippen LogP contribution >= 0.6 is 0 Å². The maximum absolute atomic E-state index is 3.92. The Morgan fingerprint density at radius 1 is 0.857 bits per heavy atom. The van der Waals surface area contributed by atoms with E-state index >= 15 is 0 Å². The van der Waals surface area contributed by atoms with Gasteiger partial charge in [0.1, 0.15) is 0 Å². The van der Waals surface area contributed by atoms with Crippen LogP contribution in [0, 0.1) is 5.92 Å². The average molecular weight is 461 g/mol. The second-order valence-electron chi connectivity index (χ2n) is 9.84.